The van der Waals surface area contributed by atoms with Gasteiger partial charge in [-0.3, -0.25) is 9.59 Å². The highest BCUT2D eigenvalue weighted by Gasteiger charge is 2.43. The Kier molecular flexibility index (Phi) is 6.18. The van der Waals surface area contributed by atoms with E-state index in [2.05, 4.69) is 35.2 Å². The van der Waals surface area contributed by atoms with Gasteiger partial charge in [0.15, 0.2) is 0 Å². The molecule has 0 saturated carbocycles. The number of hydrogen-bond donors (Lipinski definition) is 0. The van der Waals surface area contributed by atoms with Crippen molar-refractivity contribution in [1.29, 1.82) is 0 Å². The molecule has 2 amide bonds. The highest BCUT2D eigenvalue weighted by atomic mass is 32.1. The molecule has 3 aromatic rings. The van der Waals surface area contributed by atoms with Gasteiger partial charge in [0.25, 0.3) is 0 Å². The van der Waals surface area contributed by atoms with Gasteiger partial charge in [-0.15, -0.1) is 11.3 Å². The summed E-state index contributed by atoms with van der Waals surface area (Å²) in [6, 6.07) is 22.2. The fourth-order valence-corrected chi connectivity index (χ4v) is 5.88. The van der Waals surface area contributed by atoms with Crippen LogP contribution in [0.3, 0.4) is 0 Å². The first-order valence-corrected chi connectivity index (χ1v) is 12.5. The Morgan fingerprint density at radius 2 is 1.61 bits per heavy atom. The van der Waals surface area contributed by atoms with Crippen molar-refractivity contribution in [3.05, 3.63) is 82.6 Å². The Labute approximate surface area is 199 Å². The van der Waals surface area contributed by atoms with Gasteiger partial charge in [0.1, 0.15) is 0 Å². The molecule has 2 aromatic carbocycles. The van der Waals surface area contributed by atoms with Crippen molar-refractivity contribution in [2.75, 3.05) is 36.0 Å². The van der Waals surface area contributed by atoms with E-state index in [0.29, 0.717) is 25.9 Å². The molecule has 3 heterocycles. The van der Waals surface area contributed by atoms with Crippen molar-refractivity contribution in [2.45, 2.75) is 25.8 Å². The summed E-state index contributed by atoms with van der Waals surface area (Å²) in [7, 11) is 0. The van der Waals surface area contributed by atoms with Gasteiger partial charge in [-0.05, 0) is 49.1 Å². The number of piperazine rings is 1. The molecule has 0 bridgehead atoms. The van der Waals surface area contributed by atoms with Crippen molar-refractivity contribution in [1.82, 2.24) is 4.90 Å². The Hall–Kier alpha value is -3.12. The van der Waals surface area contributed by atoms with Gasteiger partial charge in [0.2, 0.25) is 11.8 Å². The van der Waals surface area contributed by atoms with Crippen molar-refractivity contribution in [3.8, 4) is 0 Å². The maximum Gasteiger partial charge on any atom is 0.228 e. The average molecular weight is 460 g/mol. The summed E-state index contributed by atoms with van der Waals surface area (Å²) in [6.07, 6.45) is 0.998. The second-order valence-electron chi connectivity index (χ2n) is 8.85. The average Bonchev–Trinajstić information content (AvgIpc) is 3.39. The summed E-state index contributed by atoms with van der Waals surface area (Å²) in [4.78, 5) is 34.2. The van der Waals surface area contributed by atoms with Gasteiger partial charge in [-0.25, -0.2) is 0 Å². The van der Waals surface area contributed by atoms with E-state index in [1.165, 1.54) is 5.69 Å². The first-order chi connectivity index (χ1) is 16.1. The summed E-state index contributed by atoms with van der Waals surface area (Å²) in [6.45, 7) is 5.11. The second-order valence-corrected chi connectivity index (χ2v) is 9.83. The molecule has 6 heteroatoms. The van der Waals surface area contributed by atoms with Gasteiger partial charge < -0.3 is 14.7 Å². The first-order valence-electron chi connectivity index (χ1n) is 11.6. The van der Waals surface area contributed by atoms with Gasteiger partial charge in [-0.2, -0.15) is 0 Å². The molecule has 33 heavy (non-hydrogen) atoms. The van der Waals surface area contributed by atoms with E-state index in [0.717, 1.165) is 29.2 Å². The minimum atomic E-state index is -0.256. The molecule has 2 aliphatic rings. The number of carbonyl (C=O) groups is 2. The van der Waals surface area contributed by atoms with Crippen LogP contribution in [-0.2, 0) is 9.59 Å². The minimum absolute atomic E-state index is 0.0928. The maximum atomic E-state index is 13.8. The Balaban J connectivity index is 1.39. The molecule has 0 aliphatic carbocycles. The molecule has 2 aliphatic heterocycles. The normalized spacial score (nSPS) is 21.4. The molecule has 5 rings (SSSR count). The third-order valence-corrected chi connectivity index (χ3v) is 7.72. The summed E-state index contributed by atoms with van der Waals surface area (Å²) in [5, 5.41) is 2.03. The zero-order valence-corrected chi connectivity index (χ0v) is 19.7. The third kappa shape index (κ3) is 4.40. The summed E-state index contributed by atoms with van der Waals surface area (Å²) in [5.74, 6) is 0.0341. The molecule has 2 fully saturated rings. The molecular weight excluding hydrogens is 430 g/mol. The minimum Gasteiger partial charge on any atom is -0.368 e. The predicted octanol–water partition coefficient (Wildman–Crippen LogP) is 4.89. The van der Waals surface area contributed by atoms with Crippen LogP contribution in [0.25, 0.3) is 0 Å². The zero-order valence-electron chi connectivity index (χ0n) is 18.9. The molecule has 2 unspecified atom stereocenters. The van der Waals surface area contributed by atoms with Crippen molar-refractivity contribution >= 4 is 34.5 Å². The number of para-hydroxylation sites is 1. The van der Waals surface area contributed by atoms with E-state index in [1.54, 1.807) is 11.3 Å². The monoisotopic (exact) mass is 459 g/mol. The summed E-state index contributed by atoms with van der Waals surface area (Å²) in [5.41, 5.74) is 3.23. The van der Waals surface area contributed by atoms with Gasteiger partial charge in [0, 0.05) is 48.9 Å². The number of anilines is 2. The fourth-order valence-electron chi connectivity index (χ4n) is 5.00. The molecule has 1 aromatic heterocycles. The number of benzene rings is 2. The van der Waals surface area contributed by atoms with E-state index >= 15 is 0 Å². The smallest absolute Gasteiger partial charge is 0.228 e. The number of thiophene rings is 1. The lowest BCUT2D eigenvalue weighted by molar-refractivity contribution is -0.138. The third-order valence-electron chi connectivity index (χ3n) is 6.77. The predicted molar refractivity (Wildman–Crippen MR) is 134 cm³/mol. The standard InChI is InChI=1S/C27H29N3O2S/c1-20-9-11-22(12-10-20)30-25(31)14-13-23(26(30)24-8-5-19-33-24)27(32)29-17-15-28(16-18-29)21-6-3-2-4-7-21/h2-12,19,23,26H,13-18H2,1H3. The van der Waals surface area contributed by atoms with Crippen LogP contribution >= 0.6 is 11.3 Å². The molecular formula is C27H29N3O2S. The van der Waals surface area contributed by atoms with E-state index in [4.69, 9.17) is 0 Å². The zero-order chi connectivity index (χ0) is 22.8. The lowest BCUT2D eigenvalue weighted by atomic mass is 9.85. The lowest BCUT2D eigenvalue weighted by Crippen LogP contribution is -2.54. The Morgan fingerprint density at radius 3 is 2.27 bits per heavy atom. The van der Waals surface area contributed by atoms with Crippen LogP contribution in [0.1, 0.15) is 29.3 Å². The second kappa shape index (κ2) is 9.40. The van der Waals surface area contributed by atoms with Gasteiger partial charge in [-0.1, -0.05) is 42.0 Å². The molecule has 0 spiro atoms. The molecule has 2 atom stereocenters. The van der Waals surface area contributed by atoms with E-state index in [9.17, 15) is 9.59 Å². The number of carbonyl (C=O) groups excluding carboxylic acids is 2. The van der Waals surface area contributed by atoms with Crippen LogP contribution in [0.5, 0.6) is 0 Å². The number of amides is 2. The molecule has 0 N–H and O–H groups in total. The van der Waals surface area contributed by atoms with Gasteiger partial charge >= 0.3 is 0 Å². The van der Waals surface area contributed by atoms with Crippen molar-refractivity contribution < 1.29 is 9.59 Å². The SMILES string of the molecule is Cc1ccc(N2C(=O)CCC(C(=O)N3CCN(c4ccccc4)CC3)C2c2cccs2)cc1. The summed E-state index contributed by atoms with van der Waals surface area (Å²) < 4.78 is 0. The number of piperidine rings is 1. The van der Waals surface area contributed by atoms with Crippen LogP contribution in [0, 0.1) is 12.8 Å². The lowest BCUT2D eigenvalue weighted by Gasteiger charge is -2.43. The number of aryl methyl sites for hydroxylation is 1. The summed E-state index contributed by atoms with van der Waals surface area (Å²) >= 11 is 1.63. The largest absolute Gasteiger partial charge is 0.368 e. The molecule has 2 saturated heterocycles. The van der Waals surface area contributed by atoms with Crippen LogP contribution < -0.4 is 9.80 Å². The van der Waals surface area contributed by atoms with Crippen LogP contribution in [0.15, 0.2) is 72.1 Å². The molecule has 0 radical (unpaired) electrons. The van der Waals surface area contributed by atoms with Crippen molar-refractivity contribution in [2.24, 2.45) is 5.92 Å². The molecule has 5 nitrogen and oxygen atoms in total. The van der Waals surface area contributed by atoms with Crippen LogP contribution in [-0.4, -0.2) is 42.9 Å². The highest BCUT2D eigenvalue weighted by molar-refractivity contribution is 7.10. The van der Waals surface area contributed by atoms with E-state index in [1.807, 2.05) is 58.5 Å². The van der Waals surface area contributed by atoms with Crippen LogP contribution in [0.4, 0.5) is 11.4 Å². The quantitative estimate of drug-likeness (QED) is 0.558. The Morgan fingerprint density at radius 1 is 0.879 bits per heavy atom. The number of nitrogens with zero attached hydrogens (tertiary/aromatic N) is 3. The number of rotatable bonds is 4. The molecule has 170 valence electrons. The fraction of sp³-hybridized carbons (Fsp3) is 0.333. The van der Waals surface area contributed by atoms with E-state index in [-0.39, 0.29) is 23.8 Å². The number of hydrogen-bond acceptors (Lipinski definition) is 4. The van der Waals surface area contributed by atoms with Crippen LogP contribution in [0.2, 0.25) is 0 Å². The highest BCUT2D eigenvalue weighted by Crippen LogP contribution is 2.42. The maximum absolute atomic E-state index is 13.8. The Bertz CT molecular complexity index is 1090. The first kappa shape index (κ1) is 21.7. The van der Waals surface area contributed by atoms with Crippen molar-refractivity contribution in [3.63, 3.8) is 0 Å². The van der Waals surface area contributed by atoms with E-state index < -0.39 is 0 Å². The topological polar surface area (TPSA) is 43.9 Å². The van der Waals surface area contributed by atoms with Gasteiger partial charge in [0.05, 0.1) is 12.0 Å².